The maximum Gasteiger partial charge on any atom is 0.347 e. The van der Waals surface area contributed by atoms with E-state index in [1.807, 2.05) is 0 Å². The van der Waals surface area contributed by atoms with Crippen molar-refractivity contribution in [1.82, 2.24) is 4.72 Å². The van der Waals surface area contributed by atoms with Gasteiger partial charge in [-0.05, 0) is 31.7 Å². The summed E-state index contributed by atoms with van der Waals surface area (Å²) in [6, 6.07) is 0. The zero-order valence-corrected chi connectivity index (χ0v) is 12.2. The van der Waals surface area contributed by atoms with E-state index in [9.17, 15) is 18.0 Å². The van der Waals surface area contributed by atoms with Crippen molar-refractivity contribution in [1.29, 1.82) is 0 Å². The summed E-state index contributed by atoms with van der Waals surface area (Å²) in [7, 11) is -4.15. The van der Waals surface area contributed by atoms with Crippen LogP contribution in [0.2, 0.25) is 0 Å². The molecule has 0 atom stereocenters. The highest BCUT2D eigenvalue weighted by Gasteiger charge is 2.35. The second-order valence-corrected chi connectivity index (χ2v) is 6.98. The lowest BCUT2D eigenvalue weighted by Gasteiger charge is -2.22. The summed E-state index contributed by atoms with van der Waals surface area (Å²) in [6.07, 6.45) is 0. The third-order valence-corrected chi connectivity index (χ3v) is 5.44. The molecule has 19 heavy (non-hydrogen) atoms. The normalized spacial score (nSPS) is 12.4. The first kappa shape index (κ1) is 15.6. The van der Waals surface area contributed by atoms with Crippen LogP contribution in [0.5, 0.6) is 0 Å². The molecule has 0 fully saturated rings. The first-order chi connectivity index (χ1) is 8.49. The Labute approximate surface area is 114 Å². The highest BCUT2D eigenvalue weighted by Crippen LogP contribution is 2.27. The highest BCUT2D eigenvalue weighted by atomic mass is 32.2. The number of hydrogen-bond acceptors (Lipinski definition) is 5. The number of carboxylic acid groups (broad SMARTS) is 1. The summed E-state index contributed by atoms with van der Waals surface area (Å²) in [5.74, 6) is -2.20. The SMILES string of the molecule is Cc1csc(C(=O)O)c1S(=O)(=O)NC(C)(C)C(N)=O. The van der Waals surface area contributed by atoms with Gasteiger partial charge in [0, 0.05) is 0 Å². The van der Waals surface area contributed by atoms with Crippen LogP contribution < -0.4 is 10.5 Å². The number of nitrogens with two attached hydrogens (primary N) is 1. The van der Waals surface area contributed by atoms with Gasteiger partial charge in [-0.3, -0.25) is 4.79 Å². The molecule has 1 amide bonds. The zero-order chi connectivity index (χ0) is 15.0. The topological polar surface area (TPSA) is 127 Å². The molecule has 106 valence electrons. The van der Waals surface area contributed by atoms with Crippen LogP contribution in [-0.2, 0) is 14.8 Å². The number of hydrogen-bond donors (Lipinski definition) is 3. The van der Waals surface area contributed by atoms with E-state index in [2.05, 4.69) is 4.72 Å². The summed E-state index contributed by atoms with van der Waals surface area (Å²) >= 11 is 0.811. The Kier molecular flexibility index (Phi) is 4.03. The van der Waals surface area contributed by atoms with Crippen LogP contribution >= 0.6 is 11.3 Å². The minimum absolute atomic E-state index is 0.301. The van der Waals surface area contributed by atoms with Crippen LogP contribution in [0, 0.1) is 6.92 Å². The summed E-state index contributed by atoms with van der Waals surface area (Å²) < 4.78 is 26.5. The third kappa shape index (κ3) is 3.11. The van der Waals surface area contributed by atoms with Crippen molar-refractivity contribution >= 4 is 33.2 Å². The number of thiophene rings is 1. The molecule has 9 heteroatoms. The van der Waals surface area contributed by atoms with Crippen LogP contribution in [0.15, 0.2) is 10.3 Å². The maximum absolute atomic E-state index is 12.2. The van der Waals surface area contributed by atoms with Crippen molar-refractivity contribution < 1.29 is 23.1 Å². The molecular weight excluding hydrogens is 292 g/mol. The molecule has 0 radical (unpaired) electrons. The standard InChI is InChI=1S/C10H14N2O5S2/c1-5-4-18-6(8(13)14)7(5)19(16,17)12-10(2,3)9(11)15/h4,12H,1-3H3,(H2,11,15)(H,13,14). The number of rotatable bonds is 5. The van der Waals surface area contributed by atoms with Gasteiger partial charge in [-0.25, -0.2) is 13.2 Å². The van der Waals surface area contributed by atoms with Crippen LogP contribution in [0.3, 0.4) is 0 Å². The lowest BCUT2D eigenvalue weighted by atomic mass is 10.1. The minimum Gasteiger partial charge on any atom is -0.477 e. The molecule has 0 aliphatic carbocycles. The molecule has 0 saturated heterocycles. The fourth-order valence-electron chi connectivity index (χ4n) is 1.35. The van der Waals surface area contributed by atoms with E-state index in [0.29, 0.717) is 5.56 Å². The molecule has 4 N–H and O–H groups in total. The van der Waals surface area contributed by atoms with E-state index >= 15 is 0 Å². The van der Waals surface area contributed by atoms with Gasteiger partial charge in [0.15, 0.2) is 0 Å². The number of sulfonamides is 1. The molecule has 0 aliphatic rings. The number of nitrogens with one attached hydrogen (secondary N) is 1. The smallest absolute Gasteiger partial charge is 0.347 e. The lowest BCUT2D eigenvalue weighted by Crippen LogP contribution is -2.53. The molecule has 7 nitrogen and oxygen atoms in total. The Morgan fingerprint density at radius 1 is 1.42 bits per heavy atom. The van der Waals surface area contributed by atoms with Crippen molar-refractivity contribution in [3.8, 4) is 0 Å². The first-order valence-corrected chi connectivity index (χ1v) is 7.50. The van der Waals surface area contributed by atoms with Crippen molar-refractivity contribution in [3.05, 3.63) is 15.8 Å². The summed E-state index contributed by atoms with van der Waals surface area (Å²) in [5, 5.41) is 10.4. The molecule has 1 heterocycles. The second-order valence-electron chi connectivity index (χ2n) is 4.48. The summed E-state index contributed by atoms with van der Waals surface area (Å²) in [6.45, 7) is 4.08. The Hall–Kier alpha value is -1.45. The number of carbonyl (C=O) groups is 2. The number of amides is 1. The molecule has 1 aromatic rings. The number of carbonyl (C=O) groups excluding carboxylic acids is 1. The molecule has 0 spiro atoms. The monoisotopic (exact) mass is 306 g/mol. The van der Waals surface area contributed by atoms with Gasteiger partial charge in [-0.1, -0.05) is 0 Å². The molecule has 1 rings (SSSR count). The molecule has 0 aliphatic heterocycles. The summed E-state index contributed by atoms with van der Waals surface area (Å²) in [4.78, 5) is 21.5. The maximum atomic E-state index is 12.2. The van der Waals surface area contributed by atoms with Gasteiger partial charge in [0.25, 0.3) is 0 Å². The van der Waals surface area contributed by atoms with E-state index in [4.69, 9.17) is 10.8 Å². The predicted octanol–water partition coefficient (Wildman–Crippen LogP) is 0.297. The molecule has 0 saturated carbocycles. The van der Waals surface area contributed by atoms with E-state index in [1.54, 1.807) is 0 Å². The first-order valence-electron chi connectivity index (χ1n) is 5.14. The summed E-state index contributed by atoms with van der Waals surface area (Å²) in [5.41, 5.74) is 3.88. The predicted molar refractivity (Wildman–Crippen MR) is 69.6 cm³/mol. The average Bonchev–Trinajstić information content (AvgIpc) is 2.58. The van der Waals surface area contributed by atoms with Gasteiger partial charge in [0.05, 0.1) is 0 Å². The number of primary amides is 1. The van der Waals surface area contributed by atoms with Gasteiger partial charge >= 0.3 is 5.97 Å². The van der Waals surface area contributed by atoms with Gasteiger partial charge in [-0.15, -0.1) is 11.3 Å². The number of carboxylic acids is 1. The van der Waals surface area contributed by atoms with E-state index in [0.717, 1.165) is 11.3 Å². The van der Waals surface area contributed by atoms with E-state index in [1.165, 1.54) is 26.2 Å². The zero-order valence-electron chi connectivity index (χ0n) is 10.6. The van der Waals surface area contributed by atoms with Gasteiger partial charge < -0.3 is 10.8 Å². The van der Waals surface area contributed by atoms with Crippen molar-refractivity contribution in [2.75, 3.05) is 0 Å². The fraction of sp³-hybridized carbons (Fsp3) is 0.400. The van der Waals surface area contributed by atoms with Gasteiger partial charge in [-0.2, -0.15) is 4.72 Å². The Bertz CT molecular complexity index is 630. The van der Waals surface area contributed by atoms with Gasteiger partial charge in [0.2, 0.25) is 15.9 Å². The van der Waals surface area contributed by atoms with Gasteiger partial charge in [0.1, 0.15) is 15.3 Å². The van der Waals surface area contributed by atoms with Crippen molar-refractivity contribution in [3.63, 3.8) is 0 Å². The fourth-order valence-corrected chi connectivity index (χ4v) is 4.37. The minimum atomic E-state index is -4.15. The van der Waals surface area contributed by atoms with Crippen molar-refractivity contribution in [2.45, 2.75) is 31.2 Å². The molecule has 1 aromatic heterocycles. The Morgan fingerprint density at radius 2 is 1.95 bits per heavy atom. The second kappa shape index (κ2) is 4.91. The average molecular weight is 306 g/mol. The number of aryl methyl sites for hydroxylation is 1. The lowest BCUT2D eigenvalue weighted by molar-refractivity contribution is -0.122. The third-order valence-electron chi connectivity index (χ3n) is 2.39. The number of aromatic carboxylic acids is 1. The molecule has 0 aromatic carbocycles. The molecule has 0 unspecified atom stereocenters. The van der Waals surface area contributed by atoms with Crippen LogP contribution in [0.25, 0.3) is 0 Å². The molecule has 0 bridgehead atoms. The van der Waals surface area contributed by atoms with Crippen LogP contribution in [-0.4, -0.2) is 30.9 Å². The largest absolute Gasteiger partial charge is 0.477 e. The highest BCUT2D eigenvalue weighted by molar-refractivity contribution is 7.89. The molecular formula is C10H14N2O5S2. The van der Waals surface area contributed by atoms with Crippen LogP contribution in [0.1, 0.15) is 29.1 Å². The Morgan fingerprint density at radius 3 is 2.37 bits per heavy atom. The van der Waals surface area contributed by atoms with E-state index < -0.39 is 27.4 Å². The van der Waals surface area contributed by atoms with E-state index in [-0.39, 0.29) is 9.77 Å². The quantitative estimate of drug-likeness (QED) is 0.721. The van der Waals surface area contributed by atoms with Crippen LogP contribution in [0.4, 0.5) is 0 Å². The van der Waals surface area contributed by atoms with Crippen molar-refractivity contribution in [2.24, 2.45) is 5.73 Å². The Balaban J connectivity index is 3.33.